The van der Waals surface area contributed by atoms with Gasteiger partial charge in [0.2, 0.25) is 0 Å². The van der Waals surface area contributed by atoms with Gasteiger partial charge in [-0.05, 0) is 14.1 Å². The molecular weight excluding hydrogens is 102 g/mol. The second kappa shape index (κ2) is 2.01. The van der Waals surface area contributed by atoms with E-state index in [0.29, 0.717) is 0 Å². The van der Waals surface area contributed by atoms with Crippen LogP contribution < -0.4 is 5.73 Å². The Morgan fingerprint density at radius 3 is 1.75 bits per heavy atom. The zero-order valence-corrected chi connectivity index (χ0v) is 5.33. The molecule has 0 amide bonds. The van der Waals surface area contributed by atoms with Gasteiger partial charge in [-0.15, -0.1) is 5.73 Å². The Morgan fingerprint density at radius 2 is 1.62 bits per heavy atom. The lowest BCUT2D eigenvalue weighted by atomic mass is 10.6. The van der Waals surface area contributed by atoms with Gasteiger partial charge in [-0.1, -0.05) is 0 Å². The molecular formula is C5H11N3. The van der Waals surface area contributed by atoms with Gasteiger partial charge in [0.15, 0.2) is 0 Å². The minimum Gasteiger partial charge on any atom is -0.275 e. The molecule has 46 valence electrons. The highest BCUT2D eigenvalue weighted by atomic mass is 15.4. The monoisotopic (exact) mass is 113 g/mol. The molecule has 0 saturated carbocycles. The van der Waals surface area contributed by atoms with Gasteiger partial charge in [0.1, 0.15) is 6.29 Å². The second-order valence-electron chi connectivity index (χ2n) is 2.31. The Morgan fingerprint density at radius 1 is 1.25 bits per heavy atom. The van der Waals surface area contributed by atoms with Gasteiger partial charge in [-0.25, -0.2) is 0 Å². The van der Waals surface area contributed by atoms with Crippen LogP contribution in [0.15, 0.2) is 0 Å². The molecule has 8 heavy (non-hydrogen) atoms. The fraction of sp³-hybridized carbons (Fsp3) is 1.00. The molecule has 0 spiro atoms. The first-order chi connectivity index (χ1) is 3.72. The normalized spacial score (nSPS) is 27.4. The van der Waals surface area contributed by atoms with E-state index in [1.54, 1.807) is 0 Å². The standard InChI is InChI=1S/C5H11N3/c1-7-3-4-8(2)5(7)6/h5H,3-4H2,1-2H3. The number of nitrogens with zero attached hydrogens (tertiary/aromatic N) is 3. The molecule has 0 aromatic rings. The Labute approximate surface area is 50.1 Å². The van der Waals surface area contributed by atoms with Crippen LogP contribution in [0.2, 0.25) is 0 Å². The van der Waals surface area contributed by atoms with Gasteiger partial charge in [0, 0.05) is 13.1 Å². The number of rotatable bonds is 0. The molecule has 0 aromatic heterocycles. The lowest BCUT2D eigenvalue weighted by Crippen LogP contribution is -2.35. The highest BCUT2D eigenvalue weighted by Crippen LogP contribution is 2.03. The first kappa shape index (κ1) is 6.01. The molecule has 3 nitrogen and oxygen atoms in total. The molecule has 3 heteroatoms. The van der Waals surface area contributed by atoms with Gasteiger partial charge >= 0.3 is 0 Å². The molecule has 0 atom stereocenters. The summed E-state index contributed by atoms with van der Waals surface area (Å²) < 4.78 is 0. The maximum Gasteiger partial charge on any atom is 0.150 e. The molecule has 1 fully saturated rings. The van der Waals surface area contributed by atoms with Crippen molar-refractivity contribution in [2.75, 3.05) is 27.2 Å². The Bertz CT molecular complexity index is 73.7. The van der Waals surface area contributed by atoms with Crippen molar-refractivity contribution in [2.45, 2.75) is 6.29 Å². The van der Waals surface area contributed by atoms with Gasteiger partial charge in [0.25, 0.3) is 0 Å². The Kier molecular flexibility index (Phi) is 1.51. The van der Waals surface area contributed by atoms with E-state index in [2.05, 4.69) is 0 Å². The Hall–Kier alpha value is -0.120. The lowest BCUT2D eigenvalue weighted by molar-refractivity contribution is 0.186. The highest BCUT2D eigenvalue weighted by Gasteiger charge is 2.22. The first-order valence-corrected chi connectivity index (χ1v) is 2.80. The molecule has 1 rings (SSSR count). The molecule has 1 aliphatic rings. The van der Waals surface area contributed by atoms with Crippen molar-refractivity contribution in [3.63, 3.8) is 0 Å². The van der Waals surface area contributed by atoms with E-state index in [0.717, 1.165) is 13.1 Å². The highest BCUT2D eigenvalue weighted by molar-refractivity contribution is 4.70. The van der Waals surface area contributed by atoms with Crippen LogP contribution in [0, 0.1) is 0 Å². The third kappa shape index (κ3) is 0.844. The Balaban J connectivity index is 2.44. The molecule has 0 unspecified atom stereocenters. The lowest BCUT2D eigenvalue weighted by Gasteiger charge is -2.16. The van der Waals surface area contributed by atoms with Gasteiger partial charge in [-0.3, -0.25) is 9.80 Å². The minimum absolute atomic E-state index is 0.352. The van der Waals surface area contributed by atoms with Crippen molar-refractivity contribution in [1.29, 1.82) is 0 Å². The van der Waals surface area contributed by atoms with Crippen LogP contribution >= 0.6 is 0 Å². The molecule has 0 bridgehead atoms. The van der Waals surface area contributed by atoms with E-state index in [1.165, 1.54) is 0 Å². The van der Waals surface area contributed by atoms with E-state index in [1.807, 2.05) is 23.9 Å². The summed E-state index contributed by atoms with van der Waals surface area (Å²) in [6.07, 6.45) is -0.352. The summed E-state index contributed by atoms with van der Waals surface area (Å²) in [6, 6.07) is 0. The van der Waals surface area contributed by atoms with E-state index in [4.69, 9.17) is 5.73 Å². The molecule has 0 aliphatic carbocycles. The largest absolute Gasteiger partial charge is 0.275 e. The number of likely N-dealkylation sites (N-methyl/N-ethyl adjacent to an activating group) is 2. The van der Waals surface area contributed by atoms with Crippen LogP contribution in [0.25, 0.3) is 0 Å². The summed E-state index contributed by atoms with van der Waals surface area (Å²) in [5.74, 6) is 0. The molecule has 1 heterocycles. The summed E-state index contributed by atoms with van der Waals surface area (Å²) >= 11 is 0. The maximum absolute atomic E-state index is 9.12. The van der Waals surface area contributed by atoms with Gasteiger partial charge in [-0.2, -0.15) is 0 Å². The zero-order chi connectivity index (χ0) is 6.15. The fourth-order valence-corrected chi connectivity index (χ4v) is 0.883. The molecule has 2 radical (unpaired) electrons. The average molecular weight is 113 g/mol. The van der Waals surface area contributed by atoms with Crippen molar-refractivity contribution >= 4 is 0 Å². The third-order valence-electron chi connectivity index (χ3n) is 1.59. The van der Waals surface area contributed by atoms with Crippen LogP contribution in [0.3, 0.4) is 0 Å². The minimum atomic E-state index is -0.352. The molecule has 0 N–H and O–H groups in total. The summed E-state index contributed by atoms with van der Waals surface area (Å²) in [5, 5.41) is 0. The van der Waals surface area contributed by atoms with Crippen molar-refractivity contribution in [3.05, 3.63) is 0 Å². The van der Waals surface area contributed by atoms with Gasteiger partial charge < -0.3 is 0 Å². The molecule has 1 saturated heterocycles. The molecule has 1 aliphatic heterocycles. The van der Waals surface area contributed by atoms with Crippen molar-refractivity contribution in [2.24, 2.45) is 0 Å². The predicted octanol–water partition coefficient (Wildman–Crippen LogP) is -0.784. The number of hydrogen-bond donors (Lipinski definition) is 0. The van der Waals surface area contributed by atoms with E-state index >= 15 is 0 Å². The zero-order valence-electron chi connectivity index (χ0n) is 5.33. The third-order valence-corrected chi connectivity index (χ3v) is 1.59. The van der Waals surface area contributed by atoms with E-state index < -0.39 is 0 Å². The second-order valence-corrected chi connectivity index (χ2v) is 2.31. The van der Waals surface area contributed by atoms with Gasteiger partial charge in [0.05, 0.1) is 0 Å². The van der Waals surface area contributed by atoms with Crippen LogP contribution in [0.1, 0.15) is 0 Å². The smallest absolute Gasteiger partial charge is 0.150 e. The van der Waals surface area contributed by atoms with Crippen molar-refractivity contribution in [3.8, 4) is 0 Å². The van der Waals surface area contributed by atoms with Crippen molar-refractivity contribution < 1.29 is 0 Å². The molecule has 0 aromatic carbocycles. The quantitative estimate of drug-likeness (QED) is 0.412. The van der Waals surface area contributed by atoms with Crippen molar-refractivity contribution in [1.82, 2.24) is 15.5 Å². The summed E-state index contributed by atoms with van der Waals surface area (Å²) in [6.45, 7) is 1.94. The van der Waals surface area contributed by atoms with Crippen LogP contribution in [-0.4, -0.2) is 43.3 Å². The predicted molar refractivity (Wildman–Crippen MR) is 31.2 cm³/mol. The number of hydrogen-bond acceptors (Lipinski definition) is 2. The average Bonchev–Trinajstić information content (AvgIpc) is 1.98. The van der Waals surface area contributed by atoms with E-state index in [9.17, 15) is 0 Å². The first-order valence-electron chi connectivity index (χ1n) is 2.80. The van der Waals surface area contributed by atoms with Crippen LogP contribution in [0.5, 0.6) is 0 Å². The van der Waals surface area contributed by atoms with Crippen LogP contribution in [0.4, 0.5) is 0 Å². The summed E-state index contributed by atoms with van der Waals surface area (Å²) in [5.41, 5.74) is 9.12. The fourth-order valence-electron chi connectivity index (χ4n) is 0.883. The topological polar surface area (TPSA) is 28.8 Å². The van der Waals surface area contributed by atoms with Crippen LogP contribution in [-0.2, 0) is 0 Å². The summed E-state index contributed by atoms with van der Waals surface area (Å²) in [7, 11) is 3.82. The van der Waals surface area contributed by atoms with E-state index in [-0.39, 0.29) is 6.29 Å². The maximum atomic E-state index is 9.12. The SMILES string of the molecule is CN1CCN(C)C1[N]. The summed E-state index contributed by atoms with van der Waals surface area (Å²) in [4.78, 5) is 3.81.